The molecule has 6 heteroatoms. The molecule has 2 amide bonds. The lowest BCUT2D eigenvalue weighted by molar-refractivity contribution is -0.144. The van der Waals surface area contributed by atoms with E-state index in [4.69, 9.17) is 4.74 Å². The Kier molecular flexibility index (Phi) is 8.56. The van der Waals surface area contributed by atoms with Crippen LogP contribution in [0, 0.1) is 34.5 Å². The molecule has 1 aromatic rings. The van der Waals surface area contributed by atoms with Crippen molar-refractivity contribution in [2.45, 2.75) is 92.3 Å². The number of fused-ring (bicyclic) bond motifs is 1. The molecule has 2 aliphatic rings. The number of aliphatic hydroxyl groups is 1. The van der Waals surface area contributed by atoms with E-state index < -0.39 is 6.10 Å². The van der Waals surface area contributed by atoms with Gasteiger partial charge in [0, 0.05) is 30.5 Å². The minimum Gasteiger partial charge on any atom is -0.496 e. The van der Waals surface area contributed by atoms with Gasteiger partial charge in [-0.2, -0.15) is 0 Å². The SMILES string of the molecule is COc1ccccc1CNC(=O)[C@@H](C)[C@H]1CC[C@]2(C)CC[C@H](NC(=O)CC(C)(C)C)[C@H](C)[C@@H]2[C@H]1O. The van der Waals surface area contributed by atoms with Gasteiger partial charge in [0.15, 0.2) is 0 Å². The average Bonchev–Trinajstić information content (AvgIpc) is 2.78. The molecule has 35 heavy (non-hydrogen) atoms. The molecule has 196 valence electrons. The molecule has 0 aliphatic heterocycles. The number of para-hydroxylation sites is 1. The normalized spacial score (nSPS) is 31.7. The fraction of sp³-hybridized carbons (Fsp3) is 0.724. The number of ether oxygens (including phenoxy) is 1. The predicted molar refractivity (Wildman–Crippen MR) is 139 cm³/mol. The second-order valence-corrected chi connectivity index (χ2v) is 12.5. The molecule has 1 aromatic carbocycles. The van der Waals surface area contributed by atoms with Crippen molar-refractivity contribution in [3.05, 3.63) is 29.8 Å². The number of aliphatic hydroxyl groups excluding tert-OH is 1. The van der Waals surface area contributed by atoms with Gasteiger partial charge in [0.2, 0.25) is 11.8 Å². The van der Waals surface area contributed by atoms with Gasteiger partial charge < -0.3 is 20.5 Å². The van der Waals surface area contributed by atoms with Crippen molar-refractivity contribution >= 4 is 11.8 Å². The van der Waals surface area contributed by atoms with E-state index in [2.05, 4.69) is 45.3 Å². The summed E-state index contributed by atoms with van der Waals surface area (Å²) in [5, 5.41) is 17.9. The summed E-state index contributed by atoms with van der Waals surface area (Å²) in [7, 11) is 1.63. The Morgan fingerprint density at radius 2 is 1.86 bits per heavy atom. The molecule has 0 bridgehead atoms. The van der Waals surface area contributed by atoms with E-state index >= 15 is 0 Å². The van der Waals surface area contributed by atoms with E-state index in [9.17, 15) is 14.7 Å². The van der Waals surface area contributed by atoms with E-state index in [1.807, 2.05) is 31.2 Å². The number of hydrogen-bond donors (Lipinski definition) is 3. The second-order valence-electron chi connectivity index (χ2n) is 12.5. The maximum atomic E-state index is 13.1. The first-order valence-corrected chi connectivity index (χ1v) is 13.2. The Balaban J connectivity index is 1.66. The highest BCUT2D eigenvalue weighted by Crippen LogP contribution is 2.55. The van der Waals surface area contributed by atoms with Crippen LogP contribution in [0.2, 0.25) is 0 Å². The lowest BCUT2D eigenvalue weighted by Crippen LogP contribution is -2.58. The number of benzene rings is 1. The van der Waals surface area contributed by atoms with Crippen LogP contribution in [0.3, 0.4) is 0 Å². The van der Waals surface area contributed by atoms with Gasteiger partial charge in [0.25, 0.3) is 0 Å². The summed E-state index contributed by atoms with van der Waals surface area (Å²) < 4.78 is 5.40. The Morgan fingerprint density at radius 1 is 1.20 bits per heavy atom. The molecule has 0 radical (unpaired) electrons. The largest absolute Gasteiger partial charge is 0.496 e. The summed E-state index contributed by atoms with van der Waals surface area (Å²) in [4.78, 5) is 25.8. The number of rotatable bonds is 7. The topological polar surface area (TPSA) is 87.7 Å². The van der Waals surface area contributed by atoms with Gasteiger partial charge >= 0.3 is 0 Å². The zero-order chi connectivity index (χ0) is 26.0. The van der Waals surface area contributed by atoms with E-state index in [0.717, 1.165) is 37.0 Å². The average molecular weight is 487 g/mol. The van der Waals surface area contributed by atoms with Gasteiger partial charge in [-0.1, -0.05) is 59.7 Å². The predicted octanol–water partition coefficient (Wildman–Crippen LogP) is 4.69. The van der Waals surface area contributed by atoms with Crippen molar-refractivity contribution < 1.29 is 19.4 Å². The number of amides is 2. The molecule has 2 aliphatic carbocycles. The molecule has 0 heterocycles. The first-order valence-electron chi connectivity index (χ1n) is 13.2. The van der Waals surface area contributed by atoms with Crippen LogP contribution in [-0.4, -0.2) is 36.2 Å². The zero-order valence-electron chi connectivity index (χ0n) is 22.7. The van der Waals surface area contributed by atoms with Crippen LogP contribution in [0.25, 0.3) is 0 Å². The van der Waals surface area contributed by atoms with Gasteiger partial charge in [-0.15, -0.1) is 0 Å². The lowest BCUT2D eigenvalue weighted by Gasteiger charge is -2.56. The van der Waals surface area contributed by atoms with E-state index in [0.29, 0.717) is 13.0 Å². The number of methoxy groups -OCH3 is 1. The molecule has 3 rings (SSSR count). The van der Waals surface area contributed by atoms with Gasteiger partial charge in [-0.25, -0.2) is 0 Å². The summed E-state index contributed by atoms with van der Waals surface area (Å²) in [5.41, 5.74) is 0.911. The fourth-order valence-corrected chi connectivity index (χ4v) is 6.62. The van der Waals surface area contributed by atoms with Crippen molar-refractivity contribution in [3.63, 3.8) is 0 Å². The van der Waals surface area contributed by atoms with Crippen molar-refractivity contribution in [3.8, 4) is 5.75 Å². The Bertz CT molecular complexity index is 895. The number of hydrogen-bond acceptors (Lipinski definition) is 4. The maximum Gasteiger partial charge on any atom is 0.223 e. The summed E-state index contributed by atoms with van der Waals surface area (Å²) >= 11 is 0. The molecular formula is C29H46N2O4. The molecule has 0 unspecified atom stereocenters. The number of carbonyl (C=O) groups is 2. The maximum absolute atomic E-state index is 13.1. The van der Waals surface area contributed by atoms with Gasteiger partial charge in [0.1, 0.15) is 5.75 Å². The van der Waals surface area contributed by atoms with Gasteiger partial charge in [0.05, 0.1) is 13.2 Å². The molecule has 0 spiro atoms. The molecule has 7 atom stereocenters. The zero-order valence-corrected chi connectivity index (χ0v) is 22.7. The third-order valence-electron chi connectivity index (χ3n) is 8.63. The van der Waals surface area contributed by atoms with E-state index in [-0.39, 0.29) is 52.4 Å². The highest BCUT2D eigenvalue weighted by molar-refractivity contribution is 5.79. The summed E-state index contributed by atoms with van der Waals surface area (Å²) in [5.74, 6) is 0.610. The fourth-order valence-electron chi connectivity index (χ4n) is 6.62. The van der Waals surface area contributed by atoms with Crippen LogP contribution in [0.5, 0.6) is 5.75 Å². The van der Waals surface area contributed by atoms with Gasteiger partial charge in [-0.05, 0) is 60.3 Å². The summed E-state index contributed by atoms with van der Waals surface area (Å²) in [6, 6.07) is 7.73. The lowest BCUT2D eigenvalue weighted by atomic mass is 9.51. The molecule has 3 N–H and O–H groups in total. The molecule has 0 saturated heterocycles. The number of nitrogens with one attached hydrogen (secondary N) is 2. The number of carbonyl (C=O) groups excluding carboxylic acids is 2. The first kappa shape index (κ1) is 27.5. The van der Waals surface area contributed by atoms with Crippen LogP contribution < -0.4 is 15.4 Å². The van der Waals surface area contributed by atoms with E-state index in [1.54, 1.807) is 7.11 Å². The van der Waals surface area contributed by atoms with Crippen LogP contribution >= 0.6 is 0 Å². The molecule has 2 saturated carbocycles. The summed E-state index contributed by atoms with van der Waals surface area (Å²) in [6.07, 6.45) is 3.68. The Labute approximate surface area is 211 Å². The third kappa shape index (κ3) is 6.38. The molecular weight excluding hydrogens is 440 g/mol. The second kappa shape index (κ2) is 10.9. The Hall–Kier alpha value is -2.08. The standard InChI is InChI=1S/C29H46N2O4/c1-18(27(34)30-17-20-10-8-9-11-23(20)35-7)21-12-14-29(6)15-13-22(19(2)25(29)26(21)33)31-24(32)16-28(3,4)5/h8-11,18-19,21-22,25-26,33H,12-17H2,1-7H3,(H,30,34)(H,31,32)/t18-,19-,21+,22-,25+,26-,29+/m0/s1. The van der Waals surface area contributed by atoms with Crippen molar-refractivity contribution in [2.75, 3.05) is 7.11 Å². The van der Waals surface area contributed by atoms with Crippen molar-refractivity contribution in [1.29, 1.82) is 0 Å². The summed E-state index contributed by atoms with van der Waals surface area (Å²) in [6.45, 7) is 13.0. The van der Waals surface area contributed by atoms with Crippen LogP contribution in [0.1, 0.15) is 79.2 Å². The molecule has 2 fully saturated rings. The van der Waals surface area contributed by atoms with Crippen molar-refractivity contribution in [1.82, 2.24) is 10.6 Å². The first-order chi connectivity index (χ1) is 16.4. The molecule has 0 aromatic heterocycles. The quantitative estimate of drug-likeness (QED) is 0.522. The highest BCUT2D eigenvalue weighted by Gasteiger charge is 2.53. The van der Waals surface area contributed by atoms with Crippen molar-refractivity contribution in [2.24, 2.45) is 34.5 Å². The van der Waals surface area contributed by atoms with E-state index in [1.165, 1.54) is 0 Å². The van der Waals surface area contributed by atoms with Crippen LogP contribution in [0.15, 0.2) is 24.3 Å². The van der Waals surface area contributed by atoms with Crippen LogP contribution in [0.4, 0.5) is 0 Å². The Morgan fingerprint density at radius 3 is 2.51 bits per heavy atom. The monoisotopic (exact) mass is 486 g/mol. The third-order valence-corrected chi connectivity index (χ3v) is 8.63. The van der Waals surface area contributed by atoms with Gasteiger partial charge in [-0.3, -0.25) is 9.59 Å². The smallest absolute Gasteiger partial charge is 0.223 e. The minimum atomic E-state index is -0.571. The van der Waals surface area contributed by atoms with Crippen LogP contribution in [-0.2, 0) is 16.1 Å². The highest BCUT2D eigenvalue weighted by atomic mass is 16.5. The minimum absolute atomic E-state index is 0.0359. The molecule has 6 nitrogen and oxygen atoms in total.